The van der Waals surface area contributed by atoms with Crippen molar-refractivity contribution in [2.75, 3.05) is 13.3 Å². The number of amides is 3. The second-order valence-corrected chi connectivity index (χ2v) is 7.93. The Morgan fingerprint density at radius 1 is 1.07 bits per heavy atom. The van der Waals surface area contributed by atoms with Gasteiger partial charge < -0.3 is 4.90 Å². The van der Waals surface area contributed by atoms with E-state index in [-0.39, 0.29) is 24.0 Å². The van der Waals surface area contributed by atoms with E-state index in [9.17, 15) is 13.8 Å². The highest BCUT2D eigenvalue weighted by molar-refractivity contribution is 7.84. The van der Waals surface area contributed by atoms with Gasteiger partial charge in [-0.25, -0.2) is 4.79 Å². The first-order valence-corrected chi connectivity index (χ1v) is 10.2. The lowest BCUT2D eigenvalue weighted by atomic mass is 10.0. The van der Waals surface area contributed by atoms with Crippen molar-refractivity contribution in [2.24, 2.45) is 0 Å². The lowest BCUT2D eigenvalue weighted by Gasteiger charge is -2.23. The van der Waals surface area contributed by atoms with Crippen LogP contribution in [-0.4, -0.2) is 45.3 Å². The fraction of sp³-hybridized carbons (Fsp3) is 0.238. The number of nitrogens with zero attached hydrogens (tertiary/aromatic N) is 2. The monoisotopic (exact) mass is 382 g/mol. The molecule has 27 heavy (non-hydrogen) atoms. The standard InChI is InChI=1S/C21H22N2O3S/c1-15-20(17-7-5-4-6-8-17)23(21(25)22(15)2)19(24)14-11-16-9-12-18(13-10-16)27(3)26/h4-15,20H,1-3H3. The van der Waals surface area contributed by atoms with E-state index < -0.39 is 10.8 Å². The minimum absolute atomic E-state index is 0.115. The molecule has 0 bridgehead atoms. The van der Waals surface area contributed by atoms with Gasteiger partial charge in [0, 0.05) is 35.1 Å². The summed E-state index contributed by atoms with van der Waals surface area (Å²) >= 11 is 0. The van der Waals surface area contributed by atoms with Crippen LogP contribution in [0.15, 0.2) is 65.6 Å². The fourth-order valence-electron chi connectivity index (χ4n) is 3.22. The molecule has 3 unspecified atom stereocenters. The van der Waals surface area contributed by atoms with Crippen LogP contribution in [0, 0.1) is 0 Å². The second-order valence-electron chi connectivity index (χ2n) is 6.55. The highest BCUT2D eigenvalue weighted by atomic mass is 32.2. The number of carbonyl (C=O) groups is 2. The summed E-state index contributed by atoms with van der Waals surface area (Å²) in [4.78, 5) is 29.1. The molecule has 1 aliphatic heterocycles. The van der Waals surface area contributed by atoms with Crippen LogP contribution in [0.1, 0.15) is 24.1 Å². The van der Waals surface area contributed by atoms with Gasteiger partial charge in [-0.05, 0) is 36.3 Å². The average Bonchev–Trinajstić information content (AvgIpc) is 2.91. The lowest BCUT2D eigenvalue weighted by Crippen LogP contribution is -2.35. The van der Waals surface area contributed by atoms with E-state index in [0.717, 1.165) is 16.0 Å². The van der Waals surface area contributed by atoms with Gasteiger partial charge in [-0.2, -0.15) is 0 Å². The molecule has 1 aliphatic rings. The number of hydrogen-bond donors (Lipinski definition) is 0. The van der Waals surface area contributed by atoms with Crippen LogP contribution < -0.4 is 0 Å². The van der Waals surface area contributed by atoms with E-state index in [1.807, 2.05) is 37.3 Å². The fourth-order valence-corrected chi connectivity index (χ4v) is 3.74. The van der Waals surface area contributed by atoms with Crippen LogP contribution in [0.4, 0.5) is 4.79 Å². The van der Waals surface area contributed by atoms with Gasteiger partial charge in [-0.3, -0.25) is 13.9 Å². The van der Waals surface area contributed by atoms with E-state index in [0.29, 0.717) is 0 Å². The van der Waals surface area contributed by atoms with Crippen LogP contribution in [0.5, 0.6) is 0 Å². The van der Waals surface area contributed by atoms with Gasteiger partial charge in [0.25, 0.3) is 5.91 Å². The Labute approximate surface area is 161 Å². The van der Waals surface area contributed by atoms with Crippen molar-refractivity contribution in [3.63, 3.8) is 0 Å². The zero-order valence-electron chi connectivity index (χ0n) is 15.5. The Kier molecular flexibility index (Phi) is 5.56. The van der Waals surface area contributed by atoms with Gasteiger partial charge in [0.2, 0.25) is 0 Å². The summed E-state index contributed by atoms with van der Waals surface area (Å²) in [6.45, 7) is 1.94. The molecule has 2 aromatic rings. The minimum atomic E-state index is -1.04. The van der Waals surface area contributed by atoms with Crippen LogP contribution in [0.2, 0.25) is 0 Å². The molecule has 0 N–H and O–H groups in total. The van der Waals surface area contributed by atoms with Crippen molar-refractivity contribution in [3.05, 3.63) is 71.8 Å². The lowest BCUT2D eigenvalue weighted by molar-refractivity contribution is -0.124. The van der Waals surface area contributed by atoms with Crippen molar-refractivity contribution >= 4 is 28.8 Å². The molecule has 0 radical (unpaired) electrons. The van der Waals surface area contributed by atoms with Gasteiger partial charge in [0.1, 0.15) is 0 Å². The van der Waals surface area contributed by atoms with E-state index in [2.05, 4.69) is 0 Å². The van der Waals surface area contributed by atoms with Gasteiger partial charge >= 0.3 is 6.03 Å². The topological polar surface area (TPSA) is 57.7 Å². The van der Waals surface area contributed by atoms with E-state index in [1.54, 1.807) is 48.5 Å². The van der Waals surface area contributed by atoms with Gasteiger partial charge in [0.15, 0.2) is 0 Å². The molecule has 1 saturated heterocycles. The molecular formula is C21H22N2O3S. The van der Waals surface area contributed by atoms with Crippen LogP contribution in [0.25, 0.3) is 6.08 Å². The van der Waals surface area contributed by atoms with Gasteiger partial charge in [-0.1, -0.05) is 42.5 Å². The summed E-state index contributed by atoms with van der Waals surface area (Å²) < 4.78 is 11.5. The molecular weight excluding hydrogens is 360 g/mol. The van der Waals surface area contributed by atoms with E-state index in [1.165, 1.54) is 11.0 Å². The van der Waals surface area contributed by atoms with Crippen molar-refractivity contribution in [1.82, 2.24) is 9.80 Å². The largest absolute Gasteiger partial charge is 0.327 e. The summed E-state index contributed by atoms with van der Waals surface area (Å²) in [7, 11) is 0.672. The molecule has 2 aromatic carbocycles. The van der Waals surface area contributed by atoms with E-state index >= 15 is 0 Å². The molecule has 3 rings (SSSR count). The third-order valence-electron chi connectivity index (χ3n) is 4.86. The summed E-state index contributed by atoms with van der Waals surface area (Å²) in [5.74, 6) is -0.354. The Balaban J connectivity index is 1.85. The molecule has 0 spiro atoms. The van der Waals surface area contributed by atoms with Gasteiger partial charge in [0.05, 0.1) is 12.1 Å². The van der Waals surface area contributed by atoms with Crippen molar-refractivity contribution in [3.8, 4) is 0 Å². The second kappa shape index (κ2) is 7.88. The quantitative estimate of drug-likeness (QED) is 0.761. The third kappa shape index (κ3) is 3.85. The maximum Gasteiger partial charge on any atom is 0.327 e. The molecule has 1 heterocycles. The number of carbonyl (C=O) groups excluding carboxylic acids is 2. The predicted octanol–water partition coefficient (Wildman–Crippen LogP) is 3.46. The zero-order chi connectivity index (χ0) is 19.6. The highest BCUT2D eigenvalue weighted by Crippen LogP contribution is 2.34. The smallest absolute Gasteiger partial charge is 0.322 e. The molecule has 3 atom stereocenters. The summed E-state index contributed by atoms with van der Waals surface area (Å²) in [5, 5.41) is 0. The minimum Gasteiger partial charge on any atom is -0.322 e. The molecule has 6 heteroatoms. The molecule has 0 aromatic heterocycles. The number of benzene rings is 2. The maximum atomic E-state index is 12.8. The average molecular weight is 382 g/mol. The Morgan fingerprint density at radius 3 is 2.30 bits per heavy atom. The number of likely N-dealkylation sites (N-methyl/N-ethyl adjacent to an activating group) is 1. The van der Waals surface area contributed by atoms with Crippen molar-refractivity contribution < 1.29 is 13.8 Å². The maximum absolute atomic E-state index is 12.8. The normalized spacial score (nSPS) is 21.1. The zero-order valence-corrected chi connectivity index (χ0v) is 16.3. The van der Waals surface area contributed by atoms with E-state index in [4.69, 9.17) is 0 Å². The van der Waals surface area contributed by atoms with Crippen molar-refractivity contribution in [2.45, 2.75) is 23.9 Å². The summed E-state index contributed by atoms with van der Waals surface area (Å²) in [5.41, 5.74) is 1.74. The highest BCUT2D eigenvalue weighted by Gasteiger charge is 2.44. The Bertz CT molecular complexity index is 893. The summed E-state index contributed by atoms with van der Waals surface area (Å²) in [6, 6.07) is 16.0. The molecule has 3 amide bonds. The van der Waals surface area contributed by atoms with Gasteiger partial charge in [-0.15, -0.1) is 0 Å². The number of urea groups is 1. The SMILES string of the molecule is CC1C(c2ccccc2)N(C(=O)C=Cc2ccc(S(C)=O)cc2)C(=O)N1C. The third-order valence-corrected chi connectivity index (χ3v) is 5.80. The molecule has 140 valence electrons. The first-order valence-electron chi connectivity index (χ1n) is 8.66. The first-order chi connectivity index (χ1) is 12.9. The molecule has 5 nitrogen and oxygen atoms in total. The van der Waals surface area contributed by atoms with Crippen LogP contribution in [-0.2, 0) is 15.6 Å². The first kappa shape index (κ1) is 19.0. The van der Waals surface area contributed by atoms with Crippen molar-refractivity contribution in [1.29, 1.82) is 0 Å². The Morgan fingerprint density at radius 2 is 1.70 bits per heavy atom. The Hall–Kier alpha value is -2.73. The summed E-state index contributed by atoms with van der Waals surface area (Å²) in [6.07, 6.45) is 4.70. The number of rotatable bonds is 4. The molecule has 0 aliphatic carbocycles. The molecule has 1 fully saturated rings. The number of imide groups is 1. The van der Waals surface area contributed by atoms with Crippen LogP contribution in [0.3, 0.4) is 0 Å². The predicted molar refractivity (Wildman–Crippen MR) is 106 cm³/mol. The van der Waals surface area contributed by atoms with Crippen LogP contribution >= 0.6 is 0 Å². The molecule has 0 saturated carbocycles. The number of hydrogen-bond acceptors (Lipinski definition) is 3.